The molecule has 0 radical (unpaired) electrons. The molecule has 0 spiro atoms. The van der Waals surface area contributed by atoms with Gasteiger partial charge < -0.3 is 19.5 Å². The molecule has 0 atom stereocenters. The minimum absolute atomic E-state index is 0.384. The van der Waals surface area contributed by atoms with Crippen molar-refractivity contribution in [1.29, 1.82) is 0 Å². The Labute approximate surface area is 126 Å². The number of nitrogens with zero attached hydrogens (tertiary/aromatic N) is 2. The Morgan fingerprint density at radius 3 is 2.86 bits per heavy atom. The minimum Gasteiger partial charge on any atom is -0.477 e. The summed E-state index contributed by atoms with van der Waals surface area (Å²) < 4.78 is 16.3. The monoisotopic (exact) mass is 295 g/mol. The Morgan fingerprint density at radius 2 is 2.14 bits per heavy atom. The summed E-state index contributed by atoms with van der Waals surface area (Å²) in [6, 6.07) is 1.86. The van der Waals surface area contributed by atoms with E-state index in [-0.39, 0.29) is 0 Å². The molecule has 0 amide bonds. The van der Waals surface area contributed by atoms with E-state index in [0.29, 0.717) is 30.8 Å². The molecule has 0 saturated carbocycles. The number of aromatic nitrogens is 2. The van der Waals surface area contributed by atoms with Crippen LogP contribution in [0.5, 0.6) is 5.88 Å². The molecule has 1 aromatic rings. The van der Waals surface area contributed by atoms with E-state index >= 15 is 0 Å². The van der Waals surface area contributed by atoms with Crippen LogP contribution in [0, 0.1) is 5.92 Å². The predicted octanol–water partition coefficient (Wildman–Crippen LogP) is 2.25. The zero-order chi connectivity index (χ0) is 14.9. The van der Waals surface area contributed by atoms with E-state index in [1.807, 2.05) is 6.07 Å². The smallest absolute Gasteiger partial charge is 0.218 e. The first-order chi connectivity index (χ1) is 10.3. The molecule has 21 heavy (non-hydrogen) atoms. The Bertz CT molecular complexity index is 423. The zero-order valence-electron chi connectivity index (χ0n) is 12.9. The maximum atomic E-state index is 5.85. The Morgan fingerprint density at radius 1 is 1.33 bits per heavy atom. The van der Waals surface area contributed by atoms with Crippen molar-refractivity contribution in [3.8, 4) is 5.88 Å². The highest BCUT2D eigenvalue weighted by atomic mass is 16.5. The van der Waals surface area contributed by atoms with E-state index in [0.717, 1.165) is 44.8 Å². The van der Waals surface area contributed by atoms with Crippen molar-refractivity contribution in [2.45, 2.75) is 32.8 Å². The molecule has 2 heterocycles. The molecule has 118 valence electrons. The third-order valence-corrected chi connectivity index (χ3v) is 3.39. The molecule has 1 fully saturated rings. The maximum Gasteiger partial charge on any atom is 0.218 e. The number of hydrogen-bond acceptors (Lipinski definition) is 6. The lowest BCUT2D eigenvalue weighted by Gasteiger charge is -2.22. The molecular formula is C15H25N3O3. The predicted molar refractivity (Wildman–Crippen MR) is 80.6 cm³/mol. The zero-order valence-corrected chi connectivity index (χ0v) is 12.9. The molecule has 1 aliphatic rings. The Hall–Kier alpha value is -1.40. The normalized spacial score (nSPS) is 15.9. The van der Waals surface area contributed by atoms with Crippen LogP contribution in [-0.2, 0) is 16.1 Å². The molecule has 2 rings (SSSR count). The average molecular weight is 295 g/mol. The molecular weight excluding hydrogens is 270 g/mol. The van der Waals surface area contributed by atoms with Crippen LogP contribution in [0.1, 0.15) is 32.0 Å². The summed E-state index contributed by atoms with van der Waals surface area (Å²) in [5, 5.41) is 3.26. The summed E-state index contributed by atoms with van der Waals surface area (Å²) in [6.45, 7) is 5.72. The van der Waals surface area contributed by atoms with Crippen molar-refractivity contribution < 1.29 is 14.2 Å². The summed E-state index contributed by atoms with van der Waals surface area (Å²) >= 11 is 0. The van der Waals surface area contributed by atoms with E-state index in [2.05, 4.69) is 22.2 Å². The number of methoxy groups -OCH3 is 1. The van der Waals surface area contributed by atoms with Gasteiger partial charge in [-0.05, 0) is 25.2 Å². The highest BCUT2D eigenvalue weighted by Gasteiger charge is 2.15. The van der Waals surface area contributed by atoms with Crippen LogP contribution in [0.25, 0.3) is 0 Å². The highest BCUT2D eigenvalue weighted by molar-refractivity contribution is 5.38. The van der Waals surface area contributed by atoms with Crippen molar-refractivity contribution in [2.75, 3.05) is 38.8 Å². The van der Waals surface area contributed by atoms with Gasteiger partial charge in [0.2, 0.25) is 5.88 Å². The van der Waals surface area contributed by atoms with Gasteiger partial charge in [-0.15, -0.1) is 0 Å². The van der Waals surface area contributed by atoms with Gasteiger partial charge in [0.25, 0.3) is 0 Å². The van der Waals surface area contributed by atoms with Crippen molar-refractivity contribution >= 4 is 5.82 Å². The average Bonchev–Trinajstić information content (AvgIpc) is 2.52. The Balaban J connectivity index is 1.96. The molecule has 0 aliphatic carbocycles. The van der Waals surface area contributed by atoms with Gasteiger partial charge in [0.05, 0.1) is 6.61 Å². The molecule has 0 unspecified atom stereocenters. The summed E-state index contributed by atoms with van der Waals surface area (Å²) in [4.78, 5) is 8.79. The van der Waals surface area contributed by atoms with Crippen LogP contribution in [0.4, 0.5) is 5.82 Å². The second kappa shape index (κ2) is 8.79. The standard InChI is InChI=1S/C15H25N3O3/c1-3-6-16-13-9-15(18-14(17-13)11-19-2)21-10-12-4-7-20-8-5-12/h9,12H,3-8,10-11H2,1-2H3,(H,16,17,18). The second-order valence-electron chi connectivity index (χ2n) is 5.23. The molecule has 0 bridgehead atoms. The SMILES string of the molecule is CCCNc1cc(OCC2CCOCC2)nc(COC)n1. The summed E-state index contributed by atoms with van der Waals surface area (Å²) in [5.41, 5.74) is 0. The lowest BCUT2D eigenvalue weighted by atomic mass is 10.0. The number of ether oxygens (including phenoxy) is 3. The first kappa shape index (κ1) is 16.0. The molecule has 1 aromatic heterocycles. The van der Waals surface area contributed by atoms with Crippen molar-refractivity contribution in [2.24, 2.45) is 5.92 Å². The molecule has 1 N–H and O–H groups in total. The van der Waals surface area contributed by atoms with Crippen LogP contribution in [0.2, 0.25) is 0 Å². The molecule has 1 saturated heterocycles. The summed E-state index contributed by atoms with van der Waals surface area (Å²) in [6.07, 6.45) is 3.15. The molecule has 6 nitrogen and oxygen atoms in total. The number of rotatable bonds is 8. The van der Waals surface area contributed by atoms with E-state index in [1.54, 1.807) is 7.11 Å². The quantitative estimate of drug-likeness (QED) is 0.793. The van der Waals surface area contributed by atoms with E-state index in [9.17, 15) is 0 Å². The topological polar surface area (TPSA) is 65.5 Å². The van der Waals surface area contributed by atoms with Gasteiger partial charge in [0.1, 0.15) is 12.4 Å². The largest absolute Gasteiger partial charge is 0.477 e. The molecule has 6 heteroatoms. The number of anilines is 1. The lowest BCUT2D eigenvalue weighted by molar-refractivity contribution is 0.0489. The number of nitrogens with one attached hydrogen (secondary N) is 1. The first-order valence-electron chi connectivity index (χ1n) is 7.63. The van der Waals surface area contributed by atoms with Gasteiger partial charge in [0, 0.05) is 32.9 Å². The molecule has 0 aromatic carbocycles. The van der Waals surface area contributed by atoms with E-state index < -0.39 is 0 Å². The lowest BCUT2D eigenvalue weighted by Crippen LogP contribution is -2.22. The van der Waals surface area contributed by atoms with Crippen LogP contribution >= 0.6 is 0 Å². The fraction of sp³-hybridized carbons (Fsp3) is 0.733. The van der Waals surface area contributed by atoms with E-state index in [4.69, 9.17) is 14.2 Å². The highest BCUT2D eigenvalue weighted by Crippen LogP contribution is 2.19. The van der Waals surface area contributed by atoms with Crippen LogP contribution < -0.4 is 10.1 Å². The first-order valence-corrected chi connectivity index (χ1v) is 7.63. The third kappa shape index (κ3) is 5.47. The van der Waals surface area contributed by atoms with Crippen LogP contribution in [0.15, 0.2) is 6.07 Å². The van der Waals surface area contributed by atoms with Crippen LogP contribution in [0.3, 0.4) is 0 Å². The van der Waals surface area contributed by atoms with Gasteiger partial charge in [-0.2, -0.15) is 4.98 Å². The van der Waals surface area contributed by atoms with Gasteiger partial charge in [0.15, 0.2) is 5.82 Å². The second-order valence-corrected chi connectivity index (χ2v) is 5.23. The van der Waals surface area contributed by atoms with Crippen molar-refractivity contribution in [1.82, 2.24) is 9.97 Å². The van der Waals surface area contributed by atoms with Gasteiger partial charge in [-0.1, -0.05) is 6.92 Å². The maximum absolute atomic E-state index is 5.85. The summed E-state index contributed by atoms with van der Waals surface area (Å²) in [5.74, 6) is 2.59. The molecule has 1 aliphatic heterocycles. The van der Waals surface area contributed by atoms with Crippen molar-refractivity contribution in [3.63, 3.8) is 0 Å². The van der Waals surface area contributed by atoms with E-state index in [1.165, 1.54) is 0 Å². The van der Waals surface area contributed by atoms with Crippen LogP contribution in [-0.4, -0.2) is 43.4 Å². The van der Waals surface area contributed by atoms with Gasteiger partial charge in [-0.25, -0.2) is 4.98 Å². The van der Waals surface area contributed by atoms with Crippen molar-refractivity contribution in [3.05, 3.63) is 11.9 Å². The fourth-order valence-electron chi connectivity index (χ4n) is 2.20. The summed E-state index contributed by atoms with van der Waals surface area (Å²) in [7, 11) is 1.64. The number of hydrogen-bond donors (Lipinski definition) is 1. The van der Waals surface area contributed by atoms with Gasteiger partial charge >= 0.3 is 0 Å². The minimum atomic E-state index is 0.384. The third-order valence-electron chi connectivity index (χ3n) is 3.39. The Kier molecular flexibility index (Phi) is 6.69. The fourth-order valence-corrected chi connectivity index (χ4v) is 2.20. The van der Waals surface area contributed by atoms with Gasteiger partial charge in [-0.3, -0.25) is 0 Å².